The summed E-state index contributed by atoms with van der Waals surface area (Å²) < 4.78 is 0. The van der Waals surface area contributed by atoms with Gasteiger partial charge in [0.15, 0.2) is 0 Å². The fourth-order valence-corrected chi connectivity index (χ4v) is 1.57. The van der Waals surface area contributed by atoms with Gasteiger partial charge >= 0.3 is 0 Å². The first kappa shape index (κ1) is 8.79. The van der Waals surface area contributed by atoms with Crippen molar-refractivity contribution in [2.75, 3.05) is 6.54 Å². The van der Waals surface area contributed by atoms with Gasteiger partial charge in [-0.15, -0.1) is 0 Å². The molecule has 0 heterocycles. The molecule has 0 aromatic carbocycles. The van der Waals surface area contributed by atoms with E-state index in [0.717, 1.165) is 6.54 Å². The van der Waals surface area contributed by atoms with E-state index >= 15 is 0 Å². The van der Waals surface area contributed by atoms with Crippen molar-refractivity contribution in [3.05, 3.63) is 12.2 Å². The Labute approximate surface area is 69.7 Å². The van der Waals surface area contributed by atoms with E-state index in [-0.39, 0.29) is 0 Å². The second kappa shape index (κ2) is 3.91. The van der Waals surface area contributed by atoms with Crippen molar-refractivity contribution < 1.29 is 0 Å². The Hall–Kier alpha value is -0.300. The molecule has 0 bridgehead atoms. The van der Waals surface area contributed by atoms with Crippen LogP contribution in [0.2, 0.25) is 0 Å². The lowest BCUT2D eigenvalue weighted by molar-refractivity contribution is 0.214. The van der Waals surface area contributed by atoms with Gasteiger partial charge in [0.1, 0.15) is 0 Å². The van der Waals surface area contributed by atoms with E-state index in [1.54, 1.807) is 0 Å². The molecule has 2 N–H and O–H groups in total. The topological polar surface area (TPSA) is 26.0 Å². The minimum Gasteiger partial charge on any atom is -0.330 e. The van der Waals surface area contributed by atoms with Gasteiger partial charge in [-0.1, -0.05) is 31.9 Å². The summed E-state index contributed by atoms with van der Waals surface area (Å²) in [5.74, 6) is 0. The quantitative estimate of drug-likeness (QED) is 0.617. The summed E-state index contributed by atoms with van der Waals surface area (Å²) in [5.41, 5.74) is 6.11. The lowest BCUT2D eigenvalue weighted by atomic mass is 9.68. The Morgan fingerprint density at radius 3 is 2.55 bits per heavy atom. The van der Waals surface area contributed by atoms with E-state index in [2.05, 4.69) is 19.1 Å². The SMILES string of the molecule is CCC/C=C/C1(CN)CCC1. The zero-order valence-corrected chi connectivity index (χ0v) is 7.47. The molecule has 0 aliphatic heterocycles. The summed E-state index contributed by atoms with van der Waals surface area (Å²) in [6.45, 7) is 3.05. The zero-order valence-electron chi connectivity index (χ0n) is 7.47. The zero-order chi connectivity index (χ0) is 8.16. The van der Waals surface area contributed by atoms with Gasteiger partial charge in [0, 0.05) is 12.0 Å². The van der Waals surface area contributed by atoms with Gasteiger partial charge < -0.3 is 5.73 Å². The van der Waals surface area contributed by atoms with Crippen LogP contribution in [-0.2, 0) is 0 Å². The molecule has 0 unspecified atom stereocenters. The van der Waals surface area contributed by atoms with Crippen molar-refractivity contribution in [2.45, 2.75) is 39.0 Å². The average Bonchev–Trinajstić information content (AvgIpc) is 1.95. The van der Waals surface area contributed by atoms with Gasteiger partial charge in [0.2, 0.25) is 0 Å². The van der Waals surface area contributed by atoms with Gasteiger partial charge in [-0.2, -0.15) is 0 Å². The fraction of sp³-hybridized carbons (Fsp3) is 0.800. The van der Waals surface area contributed by atoms with Crippen LogP contribution in [0.25, 0.3) is 0 Å². The number of nitrogens with two attached hydrogens (primary N) is 1. The third-order valence-corrected chi connectivity index (χ3v) is 2.68. The number of hydrogen-bond acceptors (Lipinski definition) is 1. The lowest BCUT2D eigenvalue weighted by Gasteiger charge is -2.38. The van der Waals surface area contributed by atoms with Crippen molar-refractivity contribution >= 4 is 0 Å². The van der Waals surface area contributed by atoms with Gasteiger partial charge in [-0.3, -0.25) is 0 Å². The molecule has 11 heavy (non-hydrogen) atoms. The molecule has 1 rings (SSSR count). The standard InChI is InChI=1S/C10H19N/c1-2-3-4-6-10(9-11)7-5-8-10/h4,6H,2-3,5,7-9,11H2,1H3/b6-4+. The number of hydrogen-bond donors (Lipinski definition) is 1. The van der Waals surface area contributed by atoms with E-state index in [4.69, 9.17) is 5.73 Å². The Kier molecular flexibility index (Phi) is 3.13. The van der Waals surface area contributed by atoms with Crippen LogP contribution in [0.5, 0.6) is 0 Å². The van der Waals surface area contributed by atoms with E-state index in [0.29, 0.717) is 5.41 Å². The van der Waals surface area contributed by atoms with Gasteiger partial charge in [-0.05, 0) is 19.3 Å². The van der Waals surface area contributed by atoms with Crippen molar-refractivity contribution in [3.63, 3.8) is 0 Å². The first-order valence-corrected chi connectivity index (χ1v) is 4.71. The fourth-order valence-electron chi connectivity index (χ4n) is 1.57. The summed E-state index contributed by atoms with van der Waals surface area (Å²) in [6, 6.07) is 0. The van der Waals surface area contributed by atoms with Crippen molar-refractivity contribution in [1.82, 2.24) is 0 Å². The summed E-state index contributed by atoms with van der Waals surface area (Å²) in [5, 5.41) is 0. The van der Waals surface area contributed by atoms with Crippen LogP contribution in [0.4, 0.5) is 0 Å². The minimum atomic E-state index is 0.412. The smallest absolute Gasteiger partial charge is 0.00142 e. The molecule has 0 radical (unpaired) electrons. The number of allylic oxidation sites excluding steroid dienone is 1. The molecule has 0 aromatic heterocycles. The van der Waals surface area contributed by atoms with Crippen LogP contribution in [0.1, 0.15) is 39.0 Å². The summed E-state index contributed by atoms with van der Waals surface area (Å²) >= 11 is 0. The minimum absolute atomic E-state index is 0.412. The molecule has 64 valence electrons. The second-order valence-electron chi connectivity index (χ2n) is 3.61. The normalized spacial score (nSPS) is 22.0. The molecule has 1 aliphatic rings. The highest BCUT2D eigenvalue weighted by molar-refractivity contribution is 5.05. The molecule has 0 amide bonds. The molecule has 1 fully saturated rings. The molecule has 0 saturated heterocycles. The maximum absolute atomic E-state index is 5.70. The summed E-state index contributed by atoms with van der Waals surface area (Å²) in [7, 11) is 0. The monoisotopic (exact) mass is 153 g/mol. The van der Waals surface area contributed by atoms with Crippen molar-refractivity contribution in [2.24, 2.45) is 11.1 Å². The molecule has 0 spiro atoms. The third kappa shape index (κ3) is 2.06. The van der Waals surface area contributed by atoms with Crippen LogP contribution in [0.15, 0.2) is 12.2 Å². The van der Waals surface area contributed by atoms with E-state index in [1.807, 2.05) is 0 Å². The lowest BCUT2D eigenvalue weighted by Crippen LogP contribution is -2.35. The molecular formula is C10H19N. The first-order valence-electron chi connectivity index (χ1n) is 4.71. The van der Waals surface area contributed by atoms with Crippen LogP contribution < -0.4 is 5.73 Å². The molecular weight excluding hydrogens is 134 g/mol. The predicted octanol–water partition coefficient (Wildman–Crippen LogP) is 2.47. The Bertz CT molecular complexity index is 128. The first-order chi connectivity index (χ1) is 5.33. The number of unbranched alkanes of at least 4 members (excludes halogenated alkanes) is 1. The Balaban J connectivity index is 2.31. The summed E-state index contributed by atoms with van der Waals surface area (Å²) in [6.07, 6.45) is 11.1. The molecule has 1 aliphatic carbocycles. The van der Waals surface area contributed by atoms with Crippen molar-refractivity contribution in [3.8, 4) is 0 Å². The maximum Gasteiger partial charge on any atom is 0.00142 e. The van der Waals surface area contributed by atoms with Crippen LogP contribution in [-0.4, -0.2) is 6.54 Å². The van der Waals surface area contributed by atoms with Gasteiger partial charge in [0.05, 0.1) is 0 Å². The largest absolute Gasteiger partial charge is 0.330 e. The molecule has 0 atom stereocenters. The van der Waals surface area contributed by atoms with Crippen LogP contribution in [0.3, 0.4) is 0 Å². The van der Waals surface area contributed by atoms with E-state index in [9.17, 15) is 0 Å². The molecule has 1 saturated carbocycles. The van der Waals surface area contributed by atoms with E-state index in [1.165, 1.54) is 32.1 Å². The van der Waals surface area contributed by atoms with Gasteiger partial charge in [0.25, 0.3) is 0 Å². The third-order valence-electron chi connectivity index (χ3n) is 2.68. The average molecular weight is 153 g/mol. The highest BCUT2D eigenvalue weighted by atomic mass is 14.6. The molecule has 1 nitrogen and oxygen atoms in total. The van der Waals surface area contributed by atoms with Crippen LogP contribution >= 0.6 is 0 Å². The van der Waals surface area contributed by atoms with Crippen molar-refractivity contribution in [1.29, 1.82) is 0 Å². The van der Waals surface area contributed by atoms with E-state index < -0.39 is 0 Å². The Morgan fingerprint density at radius 1 is 1.45 bits per heavy atom. The van der Waals surface area contributed by atoms with Gasteiger partial charge in [-0.25, -0.2) is 0 Å². The highest BCUT2D eigenvalue weighted by Crippen LogP contribution is 2.41. The maximum atomic E-state index is 5.70. The number of rotatable bonds is 4. The highest BCUT2D eigenvalue weighted by Gasteiger charge is 2.32. The summed E-state index contributed by atoms with van der Waals surface area (Å²) in [4.78, 5) is 0. The molecule has 1 heteroatoms. The molecule has 0 aromatic rings. The van der Waals surface area contributed by atoms with Crippen LogP contribution in [0, 0.1) is 5.41 Å². The second-order valence-corrected chi connectivity index (χ2v) is 3.61. The predicted molar refractivity (Wildman–Crippen MR) is 49.4 cm³/mol. The Morgan fingerprint density at radius 2 is 2.18 bits per heavy atom.